The predicted octanol–water partition coefficient (Wildman–Crippen LogP) is 1.73. The summed E-state index contributed by atoms with van der Waals surface area (Å²) >= 11 is 0. The van der Waals surface area contributed by atoms with E-state index >= 15 is 0 Å². The summed E-state index contributed by atoms with van der Waals surface area (Å²) in [5.74, 6) is 0.926. The molecule has 0 spiro atoms. The average molecular weight is 282 g/mol. The number of hydrogen-bond donors (Lipinski definition) is 1. The van der Waals surface area contributed by atoms with Gasteiger partial charge in [-0.1, -0.05) is 12.8 Å². The van der Waals surface area contributed by atoms with E-state index in [1.807, 2.05) is 19.0 Å². The molecule has 0 aromatic heterocycles. The molecule has 4 heteroatoms. The van der Waals surface area contributed by atoms with E-state index in [1.165, 1.54) is 25.7 Å². The summed E-state index contributed by atoms with van der Waals surface area (Å²) in [6.07, 6.45) is 7.80. The second-order valence-electron chi connectivity index (χ2n) is 7.17. The van der Waals surface area contributed by atoms with Gasteiger partial charge in [-0.2, -0.15) is 0 Å². The third-order valence-electron chi connectivity index (χ3n) is 4.94. The van der Waals surface area contributed by atoms with Crippen molar-refractivity contribution in [2.75, 3.05) is 40.3 Å². The molecule has 1 amide bonds. The lowest BCUT2D eigenvalue weighted by Crippen LogP contribution is -2.52. The molecule has 2 rings (SSSR count). The first kappa shape index (κ1) is 15.8. The highest BCUT2D eigenvalue weighted by Gasteiger charge is 2.37. The number of likely N-dealkylation sites (tertiary alicyclic amines) is 1. The second kappa shape index (κ2) is 6.90. The van der Waals surface area contributed by atoms with Crippen LogP contribution in [0.3, 0.4) is 0 Å². The molecule has 1 atom stereocenters. The first-order valence-corrected chi connectivity index (χ1v) is 8.08. The number of aliphatic hydroxyl groups is 1. The lowest BCUT2D eigenvalue weighted by molar-refractivity contribution is -0.137. The van der Waals surface area contributed by atoms with Crippen LogP contribution in [0.5, 0.6) is 0 Å². The van der Waals surface area contributed by atoms with E-state index in [2.05, 4.69) is 4.90 Å². The summed E-state index contributed by atoms with van der Waals surface area (Å²) in [6.45, 7) is 2.64. The molecule has 0 aromatic rings. The van der Waals surface area contributed by atoms with Crippen molar-refractivity contribution in [3.63, 3.8) is 0 Å². The van der Waals surface area contributed by atoms with Crippen molar-refractivity contribution in [3.8, 4) is 0 Å². The molecule has 4 nitrogen and oxygen atoms in total. The number of aliphatic hydroxyl groups excluding tert-OH is 1. The van der Waals surface area contributed by atoms with Crippen LogP contribution < -0.4 is 0 Å². The van der Waals surface area contributed by atoms with Crippen molar-refractivity contribution in [2.24, 2.45) is 11.3 Å². The van der Waals surface area contributed by atoms with Gasteiger partial charge in [-0.3, -0.25) is 4.79 Å². The van der Waals surface area contributed by atoms with E-state index in [-0.39, 0.29) is 12.0 Å². The minimum absolute atomic E-state index is 0.118. The van der Waals surface area contributed by atoms with Crippen molar-refractivity contribution in [1.82, 2.24) is 9.80 Å². The molecule has 116 valence electrons. The van der Waals surface area contributed by atoms with Crippen LogP contribution in [0.25, 0.3) is 0 Å². The van der Waals surface area contributed by atoms with Gasteiger partial charge in [0.05, 0.1) is 6.61 Å². The molecule has 1 saturated heterocycles. The Bertz CT molecular complexity index is 326. The Morgan fingerprint density at radius 3 is 2.60 bits per heavy atom. The maximum atomic E-state index is 12.5. The molecule has 20 heavy (non-hydrogen) atoms. The molecule has 2 fully saturated rings. The monoisotopic (exact) mass is 282 g/mol. The molecular weight excluding hydrogens is 252 g/mol. The Labute approximate surface area is 123 Å². The maximum Gasteiger partial charge on any atom is 0.222 e. The number of carbonyl (C=O) groups is 1. The lowest BCUT2D eigenvalue weighted by Gasteiger charge is -2.43. The first-order valence-electron chi connectivity index (χ1n) is 8.08. The Kier molecular flexibility index (Phi) is 5.44. The number of amides is 1. The lowest BCUT2D eigenvalue weighted by atomic mass is 9.80. The van der Waals surface area contributed by atoms with Crippen LogP contribution in [0.4, 0.5) is 0 Å². The van der Waals surface area contributed by atoms with E-state index in [0.29, 0.717) is 11.8 Å². The van der Waals surface area contributed by atoms with Crippen molar-refractivity contribution in [1.29, 1.82) is 0 Å². The van der Waals surface area contributed by atoms with E-state index in [9.17, 15) is 9.90 Å². The van der Waals surface area contributed by atoms with Gasteiger partial charge in [0.15, 0.2) is 0 Å². The van der Waals surface area contributed by atoms with Crippen molar-refractivity contribution >= 4 is 5.91 Å². The van der Waals surface area contributed by atoms with Crippen LogP contribution in [0, 0.1) is 11.3 Å². The molecule has 1 aliphatic heterocycles. The average Bonchev–Trinajstić information content (AvgIpc) is 2.91. The minimum Gasteiger partial charge on any atom is -0.396 e. The summed E-state index contributed by atoms with van der Waals surface area (Å²) in [4.78, 5) is 16.6. The summed E-state index contributed by atoms with van der Waals surface area (Å²) in [7, 11) is 4.08. The van der Waals surface area contributed by atoms with Gasteiger partial charge in [-0.25, -0.2) is 0 Å². The van der Waals surface area contributed by atoms with E-state index in [4.69, 9.17) is 0 Å². The van der Waals surface area contributed by atoms with Crippen LogP contribution in [0.2, 0.25) is 0 Å². The molecule has 0 bridgehead atoms. The third kappa shape index (κ3) is 3.95. The quantitative estimate of drug-likeness (QED) is 0.835. The zero-order chi connectivity index (χ0) is 14.6. The molecule has 1 aliphatic carbocycles. The zero-order valence-corrected chi connectivity index (χ0v) is 13.1. The largest absolute Gasteiger partial charge is 0.396 e. The number of carbonyl (C=O) groups excluding carboxylic acids is 1. The van der Waals surface area contributed by atoms with Gasteiger partial charge in [-0.15, -0.1) is 0 Å². The van der Waals surface area contributed by atoms with Crippen LogP contribution in [-0.2, 0) is 4.79 Å². The van der Waals surface area contributed by atoms with Crippen molar-refractivity contribution in [3.05, 3.63) is 0 Å². The molecule has 0 radical (unpaired) electrons. The van der Waals surface area contributed by atoms with Gasteiger partial charge in [0, 0.05) is 31.5 Å². The Morgan fingerprint density at radius 2 is 2.00 bits per heavy atom. The van der Waals surface area contributed by atoms with E-state index < -0.39 is 0 Å². The minimum atomic E-state index is -0.118. The maximum absolute atomic E-state index is 12.5. The summed E-state index contributed by atoms with van der Waals surface area (Å²) in [5, 5.41) is 9.81. The van der Waals surface area contributed by atoms with Gasteiger partial charge in [0.2, 0.25) is 5.91 Å². The van der Waals surface area contributed by atoms with Gasteiger partial charge in [-0.05, 0) is 45.7 Å². The van der Waals surface area contributed by atoms with Gasteiger partial charge in [0.25, 0.3) is 0 Å². The Morgan fingerprint density at radius 1 is 1.30 bits per heavy atom. The summed E-state index contributed by atoms with van der Waals surface area (Å²) < 4.78 is 0. The first-order chi connectivity index (χ1) is 9.54. The molecule has 0 unspecified atom stereocenters. The van der Waals surface area contributed by atoms with Crippen LogP contribution in [0.15, 0.2) is 0 Å². The summed E-state index contributed by atoms with van der Waals surface area (Å²) in [6, 6.07) is 0. The van der Waals surface area contributed by atoms with Gasteiger partial charge >= 0.3 is 0 Å². The van der Waals surface area contributed by atoms with E-state index in [0.717, 1.165) is 38.9 Å². The van der Waals surface area contributed by atoms with Crippen molar-refractivity contribution < 1.29 is 9.90 Å². The highest BCUT2D eigenvalue weighted by atomic mass is 16.3. The number of piperidine rings is 1. The number of nitrogens with zero attached hydrogens (tertiary/aromatic N) is 2. The van der Waals surface area contributed by atoms with E-state index in [1.54, 1.807) is 0 Å². The molecule has 0 aromatic carbocycles. The van der Waals surface area contributed by atoms with Crippen LogP contribution in [-0.4, -0.2) is 61.2 Å². The van der Waals surface area contributed by atoms with Gasteiger partial charge < -0.3 is 14.9 Å². The van der Waals surface area contributed by atoms with Gasteiger partial charge in [0.1, 0.15) is 0 Å². The molecule has 1 saturated carbocycles. The fourth-order valence-corrected chi connectivity index (χ4v) is 3.99. The van der Waals surface area contributed by atoms with Crippen LogP contribution in [0.1, 0.15) is 44.9 Å². The Hall–Kier alpha value is -0.610. The molecule has 2 aliphatic rings. The topological polar surface area (TPSA) is 43.8 Å². The normalized spacial score (nSPS) is 28.3. The fraction of sp³-hybridized carbons (Fsp3) is 0.938. The Balaban J connectivity index is 1.92. The standard InChI is InChI=1S/C16H30N2O2/c1-17(2)11-16(13-19)8-5-9-18(12-16)15(20)10-14-6-3-4-7-14/h14,19H,3-13H2,1-2H3/t16-/m1/s1. The number of rotatable bonds is 5. The fourth-order valence-electron chi connectivity index (χ4n) is 3.99. The molecule has 1 N–H and O–H groups in total. The highest BCUT2D eigenvalue weighted by molar-refractivity contribution is 5.76. The summed E-state index contributed by atoms with van der Waals surface area (Å²) in [5.41, 5.74) is -0.118. The van der Waals surface area contributed by atoms with Crippen molar-refractivity contribution in [2.45, 2.75) is 44.9 Å². The highest BCUT2D eigenvalue weighted by Crippen LogP contribution is 2.32. The third-order valence-corrected chi connectivity index (χ3v) is 4.94. The zero-order valence-electron chi connectivity index (χ0n) is 13.1. The SMILES string of the molecule is CN(C)C[C@]1(CO)CCCN(C(=O)CC2CCCC2)C1. The molecular formula is C16H30N2O2. The smallest absolute Gasteiger partial charge is 0.222 e. The predicted molar refractivity (Wildman–Crippen MR) is 80.5 cm³/mol. The number of hydrogen-bond acceptors (Lipinski definition) is 3. The van der Waals surface area contributed by atoms with Crippen LogP contribution >= 0.6 is 0 Å². The second-order valence-corrected chi connectivity index (χ2v) is 7.17. The molecule has 1 heterocycles.